The first-order chi connectivity index (χ1) is 6.63. The Morgan fingerprint density at radius 3 is 2.57 bits per heavy atom. The number of carbonyl (C=O) groups is 1. The van der Waals surface area contributed by atoms with Crippen LogP contribution < -0.4 is 5.32 Å². The van der Waals surface area contributed by atoms with Crippen molar-refractivity contribution in [2.45, 2.75) is 38.3 Å². The van der Waals surface area contributed by atoms with Crippen molar-refractivity contribution >= 4 is 5.97 Å². The SMILES string of the molecule is CCC(NC1CCN(C)CC1)C(=O)O. The number of hydrogen-bond donors (Lipinski definition) is 2. The van der Waals surface area contributed by atoms with Gasteiger partial charge in [-0.3, -0.25) is 4.79 Å². The van der Waals surface area contributed by atoms with Crippen LogP contribution in [-0.4, -0.2) is 48.2 Å². The molecule has 1 heterocycles. The quantitative estimate of drug-likeness (QED) is 0.695. The van der Waals surface area contributed by atoms with E-state index in [1.54, 1.807) is 0 Å². The molecule has 1 unspecified atom stereocenters. The average molecular weight is 200 g/mol. The van der Waals surface area contributed by atoms with Gasteiger partial charge >= 0.3 is 5.97 Å². The highest BCUT2D eigenvalue weighted by atomic mass is 16.4. The van der Waals surface area contributed by atoms with E-state index in [2.05, 4.69) is 17.3 Å². The Bertz CT molecular complexity index is 189. The lowest BCUT2D eigenvalue weighted by Crippen LogP contribution is -2.47. The number of carboxylic acid groups (broad SMARTS) is 1. The molecule has 0 amide bonds. The Labute approximate surface area is 85.3 Å². The molecule has 0 saturated carbocycles. The molecule has 1 aliphatic heterocycles. The highest BCUT2D eigenvalue weighted by Gasteiger charge is 2.22. The van der Waals surface area contributed by atoms with Crippen molar-refractivity contribution in [3.8, 4) is 0 Å². The maximum absolute atomic E-state index is 10.8. The van der Waals surface area contributed by atoms with Crippen LogP contribution in [0.5, 0.6) is 0 Å². The molecule has 0 aromatic heterocycles. The lowest BCUT2D eigenvalue weighted by atomic mass is 10.0. The maximum atomic E-state index is 10.8. The summed E-state index contributed by atoms with van der Waals surface area (Å²) in [5, 5.41) is 12.1. The lowest BCUT2D eigenvalue weighted by Gasteiger charge is -2.31. The molecular weight excluding hydrogens is 180 g/mol. The zero-order chi connectivity index (χ0) is 10.6. The number of nitrogens with zero attached hydrogens (tertiary/aromatic N) is 1. The summed E-state index contributed by atoms with van der Waals surface area (Å²) in [5.41, 5.74) is 0. The molecule has 0 aromatic rings. The topological polar surface area (TPSA) is 52.6 Å². The first-order valence-electron chi connectivity index (χ1n) is 5.31. The Morgan fingerprint density at radius 1 is 1.57 bits per heavy atom. The first kappa shape index (κ1) is 11.5. The number of nitrogens with one attached hydrogen (secondary N) is 1. The average Bonchev–Trinajstić information content (AvgIpc) is 2.16. The van der Waals surface area contributed by atoms with Gasteiger partial charge in [-0.15, -0.1) is 0 Å². The summed E-state index contributed by atoms with van der Waals surface area (Å²) in [5.74, 6) is -0.730. The fourth-order valence-corrected chi connectivity index (χ4v) is 1.82. The van der Waals surface area contributed by atoms with Crippen molar-refractivity contribution in [1.82, 2.24) is 10.2 Å². The number of piperidine rings is 1. The molecule has 1 aliphatic rings. The number of rotatable bonds is 4. The van der Waals surface area contributed by atoms with E-state index in [1.807, 2.05) is 6.92 Å². The Morgan fingerprint density at radius 2 is 2.14 bits per heavy atom. The monoisotopic (exact) mass is 200 g/mol. The predicted molar refractivity (Wildman–Crippen MR) is 55.4 cm³/mol. The van der Waals surface area contributed by atoms with Crippen LogP contribution in [0.3, 0.4) is 0 Å². The maximum Gasteiger partial charge on any atom is 0.320 e. The van der Waals surface area contributed by atoms with Gasteiger partial charge in [0.2, 0.25) is 0 Å². The smallest absolute Gasteiger partial charge is 0.320 e. The van der Waals surface area contributed by atoms with Crippen LogP contribution in [0.15, 0.2) is 0 Å². The molecular formula is C10H20N2O2. The van der Waals surface area contributed by atoms with E-state index in [0.29, 0.717) is 12.5 Å². The van der Waals surface area contributed by atoms with Crippen molar-refractivity contribution in [2.75, 3.05) is 20.1 Å². The second-order valence-electron chi connectivity index (χ2n) is 4.04. The van der Waals surface area contributed by atoms with Crippen molar-refractivity contribution < 1.29 is 9.90 Å². The number of hydrogen-bond acceptors (Lipinski definition) is 3. The Kier molecular flexibility index (Phi) is 4.35. The summed E-state index contributed by atoms with van der Waals surface area (Å²) in [6.07, 6.45) is 2.77. The molecule has 1 rings (SSSR count). The van der Waals surface area contributed by atoms with Gasteiger partial charge in [-0.05, 0) is 39.4 Å². The van der Waals surface area contributed by atoms with Gasteiger partial charge in [0, 0.05) is 6.04 Å². The minimum Gasteiger partial charge on any atom is -0.480 e. The Balaban J connectivity index is 2.32. The normalized spacial score (nSPS) is 22.1. The van der Waals surface area contributed by atoms with Gasteiger partial charge in [-0.25, -0.2) is 0 Å². The molecule has 1 saturated heterocycles. The largest absolute Gasteiger partial charge is 0.480 e. The molecule has 0 bridgehead atoms. The molecule has 82 valence electrons. The molecule has 0 spiro atoms. The number of likely N-dealkylation sites (tertiary alicyclic amines) is 1. The van der Waals surface area contributed by atoms with Gasteiger partial charge in [0.1, 0.15) is 6.04 Å². The van der Waals surface area contributed by atoms with Crippen LogP contribution >= 0.6 is 0 Å². The van der Waals surface area contributed by atoms with Crippen LogP contribution in [-0.2, 0) is 4.79 Å². The van der Waals surface area contributed by atoms with E-state index in [9.17, 15) is 4.79 Å². The molecule has 4 heteroatoms. The van der Waals surface area contributed by atoms with Crippen LogP contribution in [0.2, 0.25) is 0 Å². The predicted octanol–water partition coefficient (Wildman–Crippen LogP) is 0.533. The zero-order valence-corrected chi connectivity index (χ0v) is 8.99. The molecule has 0 radical (unpaired) electrons. The molecule has 0 aliphatic carbocycles. The van der Waals surface area contributed by atoms with Gasteiger partial charge in [0.05, 0.1) is 0 Å². The zero-order valence-electron chi connectivity index (χ0n) is 8.99. The van der Waals surface area contributed by atoms with Crippen molar-refractivity contribution in [1.29, 1.82) is 0 Å². The second-order valence-corrected chi connectivity index (χ2v) is 4.04. The molecule has 2 N–H and O–H groups in total. The summed E-state index contributed by atoms with van der Waals surface area (Å²) >= 11 is 0. The van der Waals surface area contributed by atoms with E-state index >= 15 is 0 Å². The van der Waals surface area contributed by atoms with Gasteiger partial charge in [0.25, 0.3) is 0 Å². The van der Waals surface area contributed by atoms with Gasteiger partial charge in [0.15, 0.2) is 0 Å². The van der Waals surface area contributed by atoms with Gasteiger partial charge in [-0.2, -0.15) is 0 Å². The summed E-state index contributed by atoms with van der Waals surface area (Å²) in [7, 11) is 2.10. The first-order valence-corrected chi connectivity index (χ1v) is 5.31. The van der Waals surface area contributed by atoms with Gasteiger partial charge < -0.3 is 15.3 Å². The number of carboxylic acids is 1. The molecule has 4 nitrogen and oxygen atoms in total. The summed E-state index contributed by atoms with van der Waals surface area (Å²) in [4.78, 5) is 13.1. The van der Waals surface area contributed by atoms with Crippen LogP contribution in [0.1, 0.15) is 26.2 Å². The highest BCUT2D eigenvalue weighted by molar-refractivity contribution is 5.73. The Hall–Kier alpha value is -0.610. The summed E-state index contributed by atoms with van der Waals surface area (Å²) < 4.78 is 0. The van der Waals surface area contributed by atoms with Crippen molar-refractivity contribution in [2.24, 2.45) is 0 Å². The minimum atomic E-state index is -0.730. The number of aliphatic carboxylic acids is 1. The molecule has 1 fully saturated rings. The van der Waals surface area contributed by atoms with Crippen LogP contribution in [0, 0.1) is 0 Å². The molecule has 14 heavy (non-hydrogen) atoms. The second kappa shape index (κ2) is 5.32. The third kappa shape index (κ3) is 3.27. The lowest BCUT2D eigenvalue weighted by molar-refractivity contribution is -0.139. The van der Waals surface area contributed by atoms with Crippen LogP contribution in [0.25, 0.3) is 0 Å². The molecule has 0 aromatic carbocycles. The molecule has 1 atom stereocenters. The third-order valence-corrected chi connectivity index (χ3v) is 2.86. The van der Waals surface area contributed by atoms with Crippen LogP contribution in [0.4, 0.5) is 0 Å². The fraction of sp³-hybridized carbons (Fsp3) is 0.900. The van der Waals surface area contributed by atoms with Crippen molar-refractivity contribution in [3.63, 3.8) is 0 Å². The van der Waals surface area contributed by atoms with Gasteiger partial charge in [-0.1, -0.05) is 6.92 Å². The van der Waals surface area contributed by atoms with E-state index in [-0.39, 0.29) is 6.04 Å². The summed E-state index contributed by atoms with van der Waals surface area (Å²) in [6.45, 7) is 4.03. The minimum absolute atomic E-state index is 0.372. The van der Waals surface area contributed by atoms with Crippen molar-refractivity contribution in [3.05, 3.63) is 0 Å². The van der Waals surface area contributed by atoms with E-state index in [0.717, 1.165) is 25.9 Å². The summed E-state index contributed by atoms with van der Waals surface area (Å²) in [6, 6.07) is 0.00987. The van der Waals surface area contributed by atoms with E-state index in [1.165, 1.54) is 0 Å². The highest BCUT2D eigenvalue weighted by Crippen LogP contribution is 2.09. The standard InChI is InChI=1S/C10H20N2O2/c1-3-9(10(13)14)11-8-4-6-12(2)7-5-8/h8-9,11H,3-7H2,1-2H3,(H,13,14). The fourth-order valence-electron chi connectivity index (χ4n) is 1.82. The van der Waals surface area contributed by atoms with E-state index in [4.69, 9.17) is 5.11 Å². The third-order valence-electron chi connectivity index (χ3n) is 2.86. The van der Waals surface area contributed by atoms with E-state index < -0.39 is 5.97 Å².